The Bertz CT molecular complexity index is 678. The number of amides is 1. The Balaban J connectivity index is 0.00000225. The van der Waals surface area contributed by atoms with Crippen LogP contribution in [0.15, 0.2) is 54.6 Å². The number of carbonyl (C=O) groups is 1. The molecule has 1 aliphatic heterocycles. The van der Waals surface area contributed by atoms with Crippen LogP contribution in [0.25, 0.3) is 0 Å². The third kappa shape index (κ3) is 5.48. The number of benzene rings is 2. The SMILES string of the molecule is CC1CNCCC1NC(=O)c1cccc(OCc2ccccc2)c1.Cl. The first-order valence-electron chi connectivity index (χ1n) is 8.51. The van der Waals surface area contributed by atoms with Crippen LogP contribution in [-0.2, 0) is 6.61 Å². The van der Waals surface area contributed by atoms with Crippen LogP contribution in [-0.4, -0.2) is 25.0 Å². The van der Waals surface area contributed by atoms with Crippen molar-refractivity contribution in [2.45, 2.75) is 26.0 Å². The van der Waals surface area contributed by atoms with Gasteiger partial charge >= 0.3 is 0 Å². The minimum Gasteiger partial charge on any atom is -0.489 e. The number of hydrogen-bond acceptors (Lipinski definition) is 3. The van der Waals surface area contributed by atoms with Crippen molar-refractivity contribution in [2.75, 3.05) is 13.1 Å². The molecule has 25 heavy (non-hydrogen) atoms. The molecule has 1 aliphatic rings. The molecule has 2 unspecified atom stereocenters. The lowest BCUT2D eigenvalue weighted by Gasteiger charge is -2.30. The van der Waals surface area contributed by atoms with E-state index >= 15 is 0 Å². The van der Waals surface area contributed by atoms with Gasteiger partial charge in [0.2, 0.25) is 0 Å². The summed E-state index contributed by atoms with van der Waals surface area (Å²) in [6.07, 6.45) is 0.969. The van der Waals surface area contributed by atoms with E-state index in [4.69, 9.17) is 4.74 Å². The quantitative estimate of drug-likeness (QED) is 0.859. The molecule has 2 N–H and O–H groups in total. The standard InChI is InChI=1S/C20H24N2O2.ClH/c1-15-13-21-11-10-19(15)22-20(23)17-8-5-9-18(12-17)24-14-16-6-3-2-4-7-16;/h2-9,12,15,19,21H,10-11,13-14H2,1H3,(H,22,23);1H. The summed E-state index contributed by atoms with van der Waals surface area (Å²) < 4.78 is 5.80. The number of rotatable bonds is 5. The van der Waals surface area contributed by atoms with Gasteiger partial charge < -0.3 is 15.4 Å². The fourth-order valence-electron chi connectivity index (χ4n) is 2.95. The first-order valence-corrected chi connectivity index (χ1v) is 8.51. The van der Waals surface area contributed by atoms with Gasteiger partial charge in [0, 0.05) is 11.6 Å². The highest BCUT2D eigenvalue weighted by Crippen LogP contribution is 2.17. The maximum absolute atomic E-state index is 12.5. The largest absolute Gasteiger partial charge is 0.489 e. The molecule has 1 heterocycles. The predicted octanol–water partition coefficient (Wildman–Crippen LogP) is 3.42. The summed E-state index contributed by atoms with van der Waals surface area (Å²) in [6.45, 7) is 4.56. The highest BCUT2D eigenvalue weighted by Gasteiger charge is 2.23. The van der Waals surface area contributed by atoms with Gasteiger partial charge in [-0.05, 0) is 49.2 Å². The Morgan fingerprint density at radius 1 is 1.20 bits per heavy atom. The van der Waals surface area contributed by atoms with Crippen molar-refractivity contribution in [3.05, 3.63) is 65.7 Å². The third-order valence-electron chi connectivity index (χ3n) is 4.45. The summed E-state index contributed by atoms with van der Waals surface area (Å²) in [5, 5.41) is 6.50. The van der Waals surface area contributed by atoms with Crippen LogP contribution in [0.1, 0.15) is 29.3 Å². The number of piperidine rings is 1. The molecule has 3 rings (SSSR count). The van der Waals surface area contributed by atoms with Crippen LogP contribution in [0.3, 0.4) is 0 Å². The van der Waals surface area contributed by atoms with E-state index in [1.54, 1.807) is 0 Å². The Kier molecular flexibility index (Phi) is 7.29. The molecule has 4 nitrogen and oxygen atoms in total. The van der Waals surface area contributed by atoms with Crippen molar-refractivity contribution >= 4 is 18.3 Å². The van der Waals surface area contributed by atoms with Gasteiger partial charge in [-0.25, -0.2) is 0 Å². The molecule has 1 fully saturated rings. The van der Waals surface area contributed by atoms with Gasteiger partial charge in [0.15, 0.2) is 0 Å². The molecule has 0 spiro atoms. The van der Waals surface area contributed by atoms with Gasteiger partial charge in [-0.1, -0.05) is 43.3 Å². The predicted molar refractivity (Wildman–Crippen MR) is 102 cm³/mol. The van der Waals surface area contributed by atoms with E-state index < -0.39 is 0 Å². The van der Waals surface area contributed by atoms with E-state index in [0.717, 1.165) is 25.1 Å². The second-order valence-corrected chi connectivity index (χ2v) is 6.35. The molecule has 0 aliphatic carbocycles. The van der Waals surface area contributed by atoms with Gasteiger partial charge in [0.05, 0.1) is 0 Å². The summed E-state index contributed by atoms with van der Waals surface area (Å²) >= 11 is 0. The van der Waals surface area contributed by atoms with E-state index in [-0.39, 0.29) is 24.4 Å². The normalized spacial score (nSPS) is 19.6. The first kappa shape index (κ1) is 19.3. The van der Waals surface area contributed by atoms with E-state index in [2.05, 4.69) is 17.6 Å². The van der Waals surface area contributed by atoms with Gasteiger partial charge in [-0.15, -0.1) is 12.4 Å². The lowest BCUT2D eigenvalue weighted by molar-refractivity contribution is 0.0913. The lowest BCUT2D eigenvalue weighted by Crippen LogP contribution is -2.48. The molecule has 0 saturated carbocycles. The molecule has 2 atom stereocenters. The molecule has 134 valence electrons. The van der Waals surface area contributed by atoms with Crippen LogP contribution < -0.4 is 15.4 Å². The fraction of sp³-hybridized carbons (Fsp3) is 0.350. The van der Waals surface area contributed by atoms with Crippen LogP contribution in [0.4, 0.5) is 0 Å². The van der Waals surface area contributed by atoms with E-state index in [0.29, 0.717) is 23.8 Å². The topological polar surface area (TPSA) is 50.4 Å². The minimum atomic E-state index is -0.0288. The van der Waals surface area contributed by atoms with Crippen LogP contribution in [0.5, 0.6) is 5.75 Å². The van der Waals surface area contributed by atoms with Crippen molar-refractivity contribution < 1.29 is 9.53 Å². The summed E-state index contributed by atoms with van der Waals surface area (Å²) in [5.74, 6) is 1.13. The number of hydrogen-bond donors (Lipinski definition) is 2. The molecule has 5 heteroatoms. The van der Waals surface area contributed by atoms with Crippen molar-refractivity contribution in [3.63, 3.8) is 0 Å². The Morgan fingerprint density at radius 2 is 2.00 bits per heavy atom. The highest BCUT2D eigenvalue weighted by molar-refractivity contribution is 5.94. The zero-order valence-corrected chi connectivity index (χ0v) is 15.2. The highest BCUT2D eigenvalue weighted by atomic mass is 35.5. The number of halogens is 1. The Labute approximate surface area is 155 Å². The average molecular weight is 361 g/mol. The smallest absolute Gasteiger partial charge is 0.251 e. The van der Waals surface area contributed by atoms with E-state index in [9.17, 15) is 4.79 Å². The summed E-state index contributed by atoms with van der Waals surface area (Å²) in [7, 11) is 0. The van der Waals surface area contributed by atoms with Gasteiger partial charge in [-0.3, -0.25) is 4.79 Å². The van der Waals surface area contributed by atoms with Crippen molar-refractivity contribution in [2.24, 2.45) is 5.92 Å². The first-order chi connectivity index (χ1) is 11.7. The van der Waals surface area contributed by atoms with E-state index in [1.807, 2.05) is 54.6 Å². The van der Waals surface area contributed by atoms with Gasteiger partial charge in [-0.2, -0.15) is 0 Å². The molecular formula is C20H25ClN2O2. The van der Waals surface area contributed by atoms with Crippen LogP contribution >= 0.6 is 12.4 Å². The molecule has 1 amide bonds. The average Bonchev–Trinajstić information content (AvgIpc) is 2.63. The minimum absolute atomic E-state index is 0. The van der Waals surface area contributed by atoms with Crippen molar-refractivity contribution in [1.82, 2.24) is 10.6 Å². The third-order valence-corrected chi connectivity index (χ3v) is 4.45. The summed E-state index contributed by atoms with van der Waals surface area (Å²) in [4.78, 5) is 12.5. The maximum Gasteiger partial charge on any atom is 0.251 e. The molecule has 2 aromatic rings. The Hall–Kier alpha value is -2.04. The van der Waals surface area contributed by atoms with Crippen molar-refractivity contribution in [3.8, 4) is 5.75 Å². The molecular weight excluding hydrogens is 336 g/mol. The molecule has 0 bridgehead atoms. The zero-order chi connectivity index (χ0) is 16.8. The van der Waals surface area contributed by atoms with E-state index in [1.165, 1.54) is 0 Å². The molecule has 0 radical (unpaired) electrons. The second kappa shape index (κ2) is 9.44. The Morgan fingerprint density at radius 3 is 2.76 bits per heavy atom. The van der Waals surface area contributed by atoms with Crippen molar-refractivity contribution in [1.29, 1.82) is 0 Å². The zero-order valence-electron chi connectivity index (χ0n) is 14.4. The molecule has 2 aromatic carbocycles. The summed E-state index contributed by atoms with van der Waals surface area (Å²) in [5.41, 5.74) is 1.75. The number of carbonyl (C=O) groups excluding carboxylic acids is 1. The van der Waals surface area contributed by atoms with Gasteiger partial charge in [0.1, 0.15) is 12.4 Å². The summed E-state index contributed by atoms with van der Waals surface area (Å²) in [6, 6.07) is 17.6. The van der Waals surface area contributed by atoms with Gasteiger partial charge in [0.25, 0.3) is 5.91 Å². The number of nitrogens with one attached hydrogen (secondary N) is 2. The molecule has 1 saturated heterocycles. The lowest BCUT2D eigenvalue weighted by atomic mass is 9.95. The van der Waals surface area contributed by atoms with Crippen LogP contribution in [0.2, 0.25) is 0 Å². The molecule has 0 aromatic heterocycles. The van der Waals surface area contributed by atoms with Crippen LogP contribution in [0, 0.1) is 5.92 Å². The maximum atomic E-state index is 12.5. The second-order valence-electron chi connectivity index (χ2n) is 6.35. The fourth-order valence-corrected chi connectivity index (χ4v) is 2.95. The number of ether oxygens (including phenoxy) is 1. The monoisotopic (exact) mass is 360 g/mol.